The first-order chi connectivity index (χ1) is 17.4. The average molecular weight is 498 g/mol. The Morgan fingerprint density at radius 2 is 1.92 bits per heavy atom. The lowest BCUT2D eigenvalue weighted by Gasteiger charge is -2.26. The normalized spacial score (nSPS) is 17.4. The molecule has 1 aliphatic carbocycles. The fourth-order valence-corrected chi connectivity index (χ4v) is 4.29. The molecular weight excluding hydrogens is 469 g/mol. The van der Waals surface area contributed by atoms with E-state index in [0.717, 1.165) is 25.7 Å². The third kappa shape index (κ3) is 5.99. The Bertz CT molecular complexity index is 1240. The van der Waals surface area contributed by atoms with Crippen molar-refractivity contribution in [2.75, 3.05) is 14.2 Å². The molecule has 0 saturated heterocycles. The number of tetrazole rings is 1. The summed E-state index contributed by atoms with van der Waals surface area (Å²) in [5.41, 5.74) is 1.22. The van der Waals surface area contributed by atoms with Crippen molar-refractivity contribution in [2.24, 2.45) is 11.8 Å². The maximum Gasteiger partial charge on any atom is 0.308 e. The average Bonchev–Trinajstić information content (AvgIpc) is 3.36. The van der Waals surface area contributed by atoms with E-state index < -0.39 is 11.7 Å². The number of nitrogens with zero attached hydrogens (tertiary/aromatic N) is 6. The van der Waals surface area contributed by atoms with E-state index in [0.29, 0.717) is 35.4 Å². The number of aromatic nitrogens is 6. The largest absolute Gasteiger partial charge is 0.494 e. The van der Waals surface area contributed by atoms with Crippen molar-refractivity contribution in [1.29, 1.82) is 0 Å². The SMILES string of the molecule is COc1cc(CNC(=O)c2cc(-c3nnn(C[C@H]4CC[C@H](C(=O)OC)CC4)n3)nc(C)n2)ccc1F. The zero-order valence-corrected chi connectivity index (χ0v) is 20.4. The van der Waals surface area contributed by atoms with Crippen LogP contribution >= 0.6 is 0 Å². The van der Waals surface area contributed by atoms with E-state index in [-0.39, 0.29) is 29.9 Å². The van der Waals surface area contributed by atoms with E-state index in [9.17, 15) is 14.0 Å². The van der Waals surface area contributed by atoms with Crippen molar-refractivity contribution in [2.45, 2.75) is 45.7 Å². The van der Waals surface area contributed by atoms with Crippen molar-refractivity contribution >= 4 is 11.9 Å². The number of amides is 1. The van der Waals surface area contributed by atoms with Crippen LogP contribution in [-0.4, -0.2) is 56.3 Å². The number of benzene rings is 1. The molecule has 1 saturated carbocycles. The Kier molecular flexibility index (Phi) is 7.81. The van der Waals surface area contributed by atoms with Crippen LogP contribution in [0.3, 0.4) is 0 Å². The summed E-state index contributed by atoms with van der Waals surface area (Å²) in [6.45, 7) is 2.43. The van der Waals surface area contributed by atoms with E-state index >= 15 is 0 Å². The number of nitrogens with one attached hydrogen (secondary N) is 1. The number of halogens is 1. The van der Waals surface area contributed by atoms with Gasteiger partial charge in [-0.3, -0.25) is 9.59 Å². The number of hydrogen-bond donors (Lipinski definition) is 1. The summed E-state index contributed by atoms with van der Waals surface area (Å²) in [5, 5.41) is 15.5. The van der Waals surface area contributed by atoms with Gasteiger partial charge < -0.3 is 14.8 Å². The van der Waals surface area contributed by atoms with Crippen molar-refractivity contribution in [3.63, 3.8) is 0 Å². The Morgan fingerprint density at radius 1 is 1.14 bits per heavy atom. The molecule has 1 aromatic carbocycles. The summed E-state index contributed by atoms with van der Waals surface area (Å²) in [5.74, 6) is 0.0479. The maximum atomic E-state index is 13.6. The van der Waals surface area contributed by atoms with E-state index in [4.69, 9.17) is 9.47 Å². The van der Waals surface area contributed by atoms with Gasteiger partial charge in [-0.1, -0.05) is 6.07 Å². The standard InChI is InChI=1S/C24H28FN7O4/c1-14-27-19(11-20(28-14)23(33)26-12-16-6-9-18(25)21(10-16)35-2)22-29-31-32(30-22)13-15-4-7-17(8-5-15)24(34)36-3/h6,9-11,15,17H,4-5,7-8,12-13H2,1-3H3,(H,26,33)/t15-,17-. The Morgan fingerprint density at radius 3 is 2.64 bits per heavy atom. The van der Waals surface area contributed by atoms with Crippen molar-refractivity contribution < 1.29 is 23.5 Å². The van der Waals surface area contributed by atoms with Crippen LogP contribution in [-0.2, 0) is 22.6 Å². The smallest absolute Gasteiger partial charge is 0.308 e. The van der Waals surface area contributed by atoms with Gasteiger partial charge in [-0.15, -0.1) is 10.2 Å². The van der Waals surface area contributed by atoms with Gasteiger partial charge in [0.15, 0.2) is 11.6 Å². The van der Waals surface area contributed by atoms with Gasteiger partial charge in [-0.2, -0.15) is 4.80 Å². The molecule has 1 aliphatic rings. The number of aryl methyl sites for hydroxylation is 1. The predicted octanol–water partition coefficient (Wildman–Crippen LogP) is 2.50. The second-order valence-corrected chi connectivity index (χ2v) is 8.75. The fraction of sp³-hybridized carbons (Fsp3) is 0.458. The van der Waals surface area contributed by atoms with Crippen molar-refractivity contribution in [1.82, 2.24) is 35.5 Å². The van der Waals surface area contributed by atoms with Crippen molar-refractivity contribution in [3.05, 3.63) is 47.2 Å². The number of rotatable bonds is 8. The molecule has 12 heteroatoms. The predicted molar refractivity (Wildman–Crippen MR) is 125 cm³/mol. The highest BCUT2D eigenvalue weighted by Crippen LogP contribution is 2.30. The molecule has 0 spiro atoms. The number of carbonyl (C=O) groups excluding carboxylic acids is 2. The Labute approximate surface area is 207 Å². The second kappa shape index (κ2) is 11.2. The molecule has 0 bridgehead atoms. The van der Waals surface area contributed by atoms with Crippen LogP contribution in [0.25, 0.3) is 11.5 Å². The second-order valence-electron chi connectivity index (χ2n) is 8.75. The molecule has 4 rings (SSSR count). The van der Waals surface area contributed by atoms with E-state index in [1.165, 1.54) is 37.2 Å². The lowest BCUT2D eigenvalue weighted by atomic mass is 9.82. The first-order valence-corrected chi connectivity index (χ1v) is 11.7. The van der Waals surface area contributed by atoms with Gasteiger partial charge in [-0.25, -0.2) is 14.4 Å². The third-order valence-electron chi connectivity index (χ3n) is 6.22. The molecule has 0 unspecified atom stereocenters. The molecule has 0 atom stereocenters. The van der Waals surface area contributed by atoms with Gasteiger partial charge >= 0.3 is 5.97 Å². The minimum atomic E-state index is -0.474. The van der Waals surface area contributed by atoms with E-state index in [2.05, 4.69) is 30.7 Å². The quantitative estimate of drug-likeness (QED) is 0.466. The van der Waals surface area contributed by atoms with Crippen LogP contribution in [0.2, 0.25) is 0 Å². The van der Waals surface area contributed by atoms with Gasteiger partial charge in [-0.05, 0) is 67.5 Å². The summed E-state index contributed by atoms with van der Waals surface area (Å²) in [6.07, 6.45) is 3.33. The van der Waals surface area contributed by atoms with Crippen LogP contribution < -0.4 is 10.1 Å². The monoisotopic (exact) mass is 497 g/mol. The third-order valence-corrected chi connectivity index (χ3v) is 6.22. The highest BCUT2D eigenvalue weighted by Gasteiger charge is 2.27. The molecule has 0 radical (unpaired) electrons. The molecule has 190 valence electrons. The van der Waals surface area contributed by atoms with Gasteiger partial charge in [0.1, 0.15) is 17.2 Å². The van der Waals surface area contributed by atoms with Gasteiger partial charge in [0.25, 0.3) is 5.91 Å². The Balaban J connectivity index is 1.39. The number of methoxy groups -OCH3 is 2. The van der Waals surface area contributed by atoms with Crippen LogP contribution in [0.15, 0.2) is 24.3 Å². The molecule has 2 heterocycles. The fourth-order valence-electron chi connectivity index (χ4n) is 4.29. The highest BCUT2D eigenvalue weighted by atomic mass is 19.1. The summed E-state index contributed by atoms with van der Waals surface area (Å²) in [4.78, 5) is 34.6. The molecule has 36 heavy (non-hydrogen) atoms. The van der Waals surface area contributed by atoms with Crippen molar-refractivity contribution in [3.8, 4) is 17.3 Å². The molecule has 11 nitrogen and oxygen atoms in total. The first-order valence-electron chi connectivity index (χ1n) is 11.7. The molecule has 1 amide bonds. The minimum Gasteiger partial charge on any atom is -0.494 e. The van der Waals surface area contributed by atoms with Gasteiger partial charge in [0.2, 0.25) is 5.82 Å². The maximum absolute atomic E-state index is 13.6. The number of carbonyl (C=O) groups is 2. The lowest BCUT2D eigenvalue weighted by molar-refractivity contribution is -0.146. The number of hydrogen-bond acceptors (Lipinski definition) is 9. The zero-order valence-electron chi connectivity index (χ0n) is 20.4. The number of ether oxygens (including phenoxy) is 2. The highest BCUT2D eigenvalue weighted by molar-refractivity contribution is 5.93. The molecule has 3 aromatic rings. The van der Waals surface area contributed by atoms with Gasteiger partial charge in [0.05, 0.1) is 26.7 Å². The summed E-state index contributed by atoms with van der Waals surface area (Å²) < 4.78 is 23.4. The lowest BCUT2D eigenvalue weighted by Crippen LogP contribution is -2.25. The summed E-state index contributed by atoms with van der Waals surface area (Å²) >= 11 is 0. The van der Waals surface area contributed by atoms with Crippen LogP contribution in [0.1, 0.15) is 47.6 Å². The minimum absolute atomic E-state index is 0.0378. The van der Waals surface area contributed by atoms with E-state index in [1.54, 1.807) is 13.0 Å². The first kappa shape index (κ1) is 25.1. The van der Waals surface area contributed by atoms with Crippen LogP contribution in [0.4, 0.5) is 4.39 Å². The molecule has 1 fully saturated rings. The van der Waals surface area contributed by atoms with Gasteiger partial charge in [0, 0.05) is 6.54 Å². The number of esters is 1. The topological polar surface area (TPSA) is 134 Å². The van der Waals surface area contributed by atoms with E-state index in [1.807, 2.05) is 0 Å². The van der Waals surface area contributed by atoms with Crippen LogP contribution in [0.5, 0.6) is 5.75 Å². The summed E-state index contributed by atoms with van der Waals surface area (Å²) in [7, 11) is 2.80. The zero-order chi connectivity index (χ0) is 25.7. The summed E-state index contributed by atoms with van der Waals surface area (Å²) in [6, 6.07) is 5.89. The molecular formula is C24H28FN7O4. The molecule has 1 N–H and O–H groups in total. The van der Waals surface area contributed by atoms with Crippen LogP contribution in [0, 0.1) is 24.6 Å². The molecule has 2 aromatic heterocycles. The Hall–Kier alpha value is -3.96. The molecule has 0 aliphatic heterocycles.